The van der Waals surface area contributed by atoms with Crippen LogP contribution in [0.5, 0.6) is 11.5 Å². The average molecular weight is 416 g/mol. The summed E-state index contributed by atoms with van der Waals surface area (Å²) in [4.78, 5) is 11.1. The van der Waals surface area contributed by atoms with Crippen molar-refractivity contribution in [3.63, 3.8) is 0 Å². The first-order chi connectivity index (χ1) is 13.8. The van der Waals surface area contributed by atoms with Gasteiger partial charge >= 0.3 is 5.97 Å². The minimum Gasteiger partial charge on any atom is -0.490 e. The number of carboxylic acid groups (broad SMARTS) is 1. The van der Waals surface area contributed by atoms with Crippen LogP contribution in [-0.2, 0) is 10.2 Å². The van der Waals surface area contributed by atoms with Gasteiger partial charge in [0.25, 0.3) is 0 Å². The Kier molecular flexibility index (Phi) is 6.75. The van der Waals surface area contributed by atoms with Crippen LogP contribution in [0.3, 0.4) is 0 Å². The van der Waals surface area contributed by atoms with Gasteiger partial charge in [-0.3, -0.25) is 10.1 Å². The van der Waals surface area contributed by atoms with Gasteiger partial charge in [-0.15, -0.1) is 11.8 Å². The summed E-state index contributed by atoms with van der Waals surface area (Å²) in [6, 6.07) is 13.5. The second-order valence-electron chi connectivity index (χ2n) is 8.24. The van der Waals surface area contributed by atoms with E-state index in [1.807, 2.05) is 24.3 Å². The second-order valence-corrected chi connectivity index (χ2v) is 9.38. The van der Waals surface area contributed by atoms with Crippen LogP contribution in [0.2, 0.25) is 0 Å². The standard InChI is InChI=1S/C23H29NO4S/c1-15-6-5-7-18(23(2,3)4)20(15)28-13-12-27-17-10-8-16(9-11-17)21-24-19(14-29-21)22(25)26/h5-11,19,21,24H,12-14H2,1-4H3,(H,25,26). The summed E-state index contributed by atoms with van der Waals surface area (Å²) in [6.45, 7) is 9.54. The van der Waals surface area contributed by atoms with Gasteiger partial charge in [0.2, 0.25) is 0 Å². The zero-order valence-corrected chi connectivity index (χ0v) is 18.2. The monoisotopic (exact) mass is 415 g/mol. The maximum Gasteiger partial charge on any atom is 0.321 e. The molecule has 1 aliphatic rings. The van der Waals surface area contributed by atoms with Crippen molar-refractivity contribution in [2.24, 2.45) is 0 Å². The van der Waals surface area contributed by atoms with Crippen molar-refractivity contribution in [3.8, 4) is 11.5 Å². The highest BCUT2D eigenvalue weighted by Gasteiger charge is 2.30. The molecule has 1 fully saturated rings. The fraction of sp³-hybridized carbons (Fsp3) is 0.435. The predicted molar refractivity (Wildman–Crippen MR) is 117 cm³/mol. The Labute approximate surface area is 176 Å². The van der Waals surface area contributed by atoms with E-state index in [2.05, 4.69) is 51.2 Å². The molecule has 0 aromatic heterocycles. The zero-order chi connectivity index (χ0) is 21.0. The summed E-state index contributed by atoms with van der Waals surface area (Å²) in [5.74, 6) is 1.49. The molecule has 6 heteroatoms. The maximum atomic E-state index is 11.1. The number of benzene rings is 2. The van der Waals surface area contributed by atoms with E-state index < -0.39 is 12.0 Å². The number of rotatable bonds is 7. The first-order valence-corrected chi connectivity index (χ1v) is 10.9. The highest BCUT2D eigenvalue weighted by Crippen LogP contribution is 2.34. The summed E-state index contributed by atoms with van der Waals surface area (Å²) in [5.41, 5.74) is 3.40. The van der Waals surface area contributed by atoms with Crippen LogP contribution in [0.25, 0.3) is 0 Å². The summed E-state index contributed by atoms with van der Waals surface area (Å²) in [5, 5.41) is 12.2. The number of aryl methyl sites for hydroxylation is 1. The van der Waals surface area contributed by atoms with E-state index in [9.17, 15) is 4.79 Å². The third-order valence-electron chi connectivity index (χ3n) is 4.88. The number of carboxylic acids is 1. The van der Waals surface area contributed by atoms with Crippen molar-refractivity contribution < 1.29 is 19.4 Å². The average Bonchev–Trinajstić information content (AvgIpc) is 3.16. The Balaban J connectivity index is 1.52. The second kappa shape index (κ2) is 9.09. The lowest BCUT2D eigenvalue weighted by atomic mass is 9.85. The zero-order valence-electron chi connectivity index (χ0n) is 17.4. The summed E-state index contributed by atoms with van der Waals surface area (Å²) >= 11 is 1.61. The third-order valence-corrected chi connectivity index (χ3v) is 6.15. The van der Waals surface area contributed by atoms with Crippen LogP contribution >= 0.6 is 11.8 Å². The lowest BCUT2D eigenvalue weighted by Crippen LogP contribution is -2.33. The van der Waals surface area contributed by atoms with Crippen LogP contribution in [0.1, 0.15) is 42.8 Å². The van der Waals surface area contributed by atoms with Crippen LogP contribution in [-0.4, -0.2) is 36.1 Å². The summed E-state index contributed by atoms with van der Waals surface area (Å²) in [6.07, 6.45) is 0. The highest BCUT2D eigenvalue weighted by molar-refractivity contribution is 7.99. The SMILES string of the molecule is Cc1cccc(C(C)(C)C)c1OCCOc1ccc(C2NC(C(=O)O)CS2)cc1. The molecule has 0 aliphatic carbocycles. The first kappa shape index (κ1) is 21.5. The Morgan fingerprint density at radius 2 is 1.83 bits per heavy atom. The number of nitrogens with one attached hydrogen (secondary N) is 1. The molecule has 2 aromatic rings. The smallest absolute Gasteiger partial charge is 0.321 e. The van der Waals surface area contributed by atoms with Crippen molar-refractivity contribution in [2.75, 3.05) is 19.0 Å². The van der Waals surface area contributed by atoms with E-state index in [1.165, 1.54) is 5.56 Å². The maximum absolute atomic E-state index is 11.1. The molecule has 2 N–H and O–H groups in total. The molecule has 0 bridgehead atoms. The van der Waals surface area contributed by atoms with E-state index in [0.717, 1.165) is 22.6 Å². The number of ether oxygens (including phenoxy) is 2. The quantitative estimate of drug-likeness (QED) is 0.647. The van der Waals surface area contributed by atoms with Gasteiger partial charge in [0.15, 0.2) is 0 Å². The Morgan fingerprint density at radius 1 is 1.14 bits per heavy atom. The van der Waals surface area contributed by atoms with Gasteiger partial charge in [-0.1, -0.05) is 51.1 Å². The number of aliphatic carboxylic acids is 1. The van der Waals surface area contributed by atoms with Crippen molar-refractivity contribution >= 4 is 17.7 Å². The number of hydrogen-bond donors (Lipinski definition) is 2. The van der Waals surface area contributed by atoms with Crippen LogP contribution < -0.4 is 14.8 Å². The largest absolute Gasteiger partial charge is 0.490 e. The van der Waals surface area contributed by atoms with Crippen molar-refractivity contribution in [1.29, 1.82) is 0 Å². The highest BCUT2D eigenvalue weighted by atomic mass is 32.2. The van der Waals surface area contributed by atoms with Crippen LogP contribution in [0, 0.1) is 6.92 Å². The number of hydrogen-bond acceptors (Lipinski definition) is 5. The Morgan fingerprint density at radius 3 is 2.45 bits per heavy atom. The normalized spacial score (nSPS) is 19.2. The predicted octanol–water partition coefficient (Wildman–Crippen LogP) is 4.54. The van der Waals surface area contributed by atoms with Crippen LogP contribution in [0.15, 0.2) is 42.5 Å². The lowest BCUT2D eigenvalue weighted by molar-refractivity contribution is -0.138. The van der Waals surface area contributed by atoms with Crippen molar-refractivity contribution in [3.05, 3.63) is 59.2 Å². The third kappa shape index (κ3) is 5.46. The van der Waals surface area contributed by atoms with Gasteiger partial charge in [0.05, 0.1) is 5.37 Å². The van der Waals surface area contributed by atoms with Crippen LogP contribution in [0.4, 0.5) is 0 Å². The molecule has 0 saturated carbocycles. The summed E-state index contributed by atoms with van der Waals surface area (Å²) in [7, 11) is 0. The van der Waals surface area contributed by atoms with E-state index >= 15 is 0 Å². The topological polar surface area (TPSA) is 67.8 Å². The minimum atomic E-state index is -0.803. The Hall–Kier alpha value is -2.18. The fourth-order valence-electron chi connectivity index (χ4n) is 3.28. The van der Waals surface area contributed by atoms with Gasteiger partial charge in [0.1, 0.15) is 30.8 Å². The molecule has 0 radical (unpaired) electrons. The lowest BCUT2D eigenvalue weighted by Gasteiger charge is -2.24. The molecule has 1 aliphatic heterocycles. The van der Waals surface area contributed by atoms with Crippen molar-refractivity contribution in [2.45, 2.75) is 44.5 Å². The minimum absolute atomic E-state index is 0.00496. The molecular weight excluding hydrogens is 386 g/mol. The number of thioether (sulfide) groups is 1. The van der Waals surface area contributed by atoms with Gasteiger partial charge in [0, 0.05) is 5.75 Å². The molecule has 29 heavy (non-hydrogen) atoms. The molecular formula is C23H29NO4S. The van der Waals surface area contributed by atoms with Gasteiger partial charge in [-0.05, 0) is 41.2 Å². The number of para-hydroxylation sites is 1. The Bertz CT molecular complexity index is 845. The molecule has 2 aromatic carbocycles. The van der Waals surface area contributed by atoms with E-state index in [1.54, 1.807) is 11.8 Å². The molecule has 156 valence electrons. The van der Waals surface area contributed by atoms with Gasteiger partial charge < -0.3 is 14.6 Å². The molecule has 3 rings (SSSR count). The number of carbonyl (C=O) groups is 1. The molecule has 0 amide bonds. The molecule has 0 spiro atoms. The molecule has 1 heterocycles. The first-order valence-electron chi connectivity index (χ1n) is 9.82. The fourth-order valence-corrected chi connectivity index (χ4v) is 4.52. The molecule has 5 nitrogen and oxygen atoms in total. The van der Waals surface area contributed by atoms with E-state index in [0.29, 0.717) is 19.0 Å². The van der Waals surface area contributed by atoms with E-state index in [-0.39, 0.29) is 10.8 Å². The van der Waals surface area contributed by atoms with Crippen molar-refractivity contribution in [1.82, 2.24) is 5.32 Å². The molecule has 1 saturated heterocycles. The molecule has 2 unspecified atom stereocenters. The molecule has 2 atom stereocenters. The van der Waals surface area contributed by atoms with Gasteiger partial charge in [-0.25, -0.2) is 0 Å². The van der Waals surface area contributed by atoms with Gasteiger partial charge in [-0.2, -0.15) is 0 Å². The van der Waals surface area contributed by atoms with E-state index in [4.69, 9.17) is 14.6 Å². The summed E-state index contributed by atoms with van der Waals surface area (Å²) < 4.78 is 11.9.